The van der Waals surface area contributed by atoms with E-state index < -0.39 is 0 Å². The number of rotatable bonds is 9. The van der Waals surface area contributed by atoms with Crippen molar-refractivity contribution < 1.29 is 4.74 Å². The largest absolute Gasteiger partial charge is 0.379 e. The maximum absolute atomic E-state index is 5.76. The van der Waals surface area contributed by atoms with Gasteiger partial charge in [-0.05, 0) is 24.8 Å². The highest BCUT2D eigenvalue weighted by molar-refractivity contribution is 4.86. The van der Waals surface area contributed by atoms with Crippen LogP contribution in [-0.2, 0) is 4.74 Å². The van der Waals surface area contributed by atoms with Crippen LogP contribution in [0.1, 0.15) is 66.7 Å². The Labute approximate surface area is 115 Å². The Bertz CT molecular complexity index is 198. The molecule has 3 atom stereocenters. The minimum absolute atomic E-state index is 0.186. The molecule has 0 aromatic carbocycles. The number of methoxy groups -OCH3 is 1. The summed E-state index contributed by atoms with van der Waals surface area (Å²) in [6, 6.07) is 0.455. The van der Waals surface area contributed by atoms with Gasteiger partial charge >= 0.3 is 0 Å². The molecular weight excluding hydrogens is 222 g/mol. The lowest BCUT2D eigenvalue weighted by atomic mass is 9.80. The molecule has 3 unspecified atom stereocenters. The van der Waals surface area contributed by atoms with E-state index in [2.05, 4.69) is 47.0 Å². The molecule has 0 rings (SSSR count). The standard InChI is InChI=1S/C16H35NO/c1-8-10-11-13(9-2)12-14(17-6)15(18-7)16(3,4)5/h13-15,17H,8-12H2,1-7H3. The molecule has 110 valence electrons. The molecular formula is C16H35NO. The third-order valence-corrected chi connectivity index (χ3v) is 3.97. The zero-order valence-corrected chi connectivity index (χ0v) is 13.7. The van der Waals surface area contributed by atoms with Crippen LogP contribution in [-0.4, -0.2) is 26.3 Å². The third-order valence-electron chi connectivity index (χ3n) is 3.97. The van der Waals surface area contributed by atoms with E-state index >= 15 is 0 Å². The second kappa shape index (κ2) is 8.92. The van der Waals surface area contributed by atoms with Crippen molar-refractivity contribution in [1.82, 2.24) is 5.32 Å². The quantitative estimate of drug-likeness (QED) is 0.667. The van der Waals surface area contributed by atoms with Crippen molar-refractivity contribution in [2.75, 3.05) is 14.2 Å². The summed E-state index contributed by atoms with van der Waals surface area (Å²) in [5.74, 6) is 0.822. The fraction of sp³-hybridized carbons (Fsp3) is 1.00. The van der Waals surface area contributed by atoms with Gasteiger partial charge in [-0.25, -0.2) is 0 Å². The third kappa shape index (κ3) is 6.19. The molecule has 0 radical (unpaired) electrons. The number of nitrogens with one attached hydrogen (secondary N) is 1. The van der Waals surface area contributed by atoms with Gasteiger partial charge in [-0.2, -0.15) is 0 Å². The monoisotopic (exact) mass is 257 g/mol. The fourth-order valence-corrected chi connectivity index (χ4v) is 2.85. The minimum Gasteiger partial charge on any atom is -0.379 e. The molecule has 0 amide bonds. The molecule has 1 N–H and O–H groups in total. The van der Waals surface area contributed by atoms with E-state index in [-0.39, 0.29) is 11.5 Å². The highest BCUT2D eigenvalue weighted by Crippen LogP contribution is 2.29. The highest BCUT2D eigenvalue weighted by Gasteiger charge is 2.32. The van der Waals surface area contributed by atoms with Crippen LogP contribution in [0, 0.1) is 11.3 Å². The van der Waals surface area contributed by atoms with Crippen LogP contribution in [0.25, 0.3) is 0 Å². The number of likely N-dealkylation sites (N-methyl/N-ethyl adjacent to an activating group) is 1. The summed E-state index contributed by atoms with van der Waals surface area (Å²) in [7, 11) is 3.90. The molecule has 0 saturated heterocycles. The highest BCUT2D eigenvalue weighted by atomic mass is 16.5. The van der Waals surface area contributed by atoms with Crippen molar-refractivity contribution >= 4 is 0 Å². The molecule has 0 spiro atoms. The van der Waals surface area contributed by atoms with E-state index in [1.165, 1.54) is 32.1 Å². The van der Waals surface area contributed by atoms with Crippen molar-refractivity contribution in [3.63, 3.8) is 0 Å². The molecule has 0 aromatic heterocycles. The maximum atomic E-state index is 5.76. The molecule has 0 fully saturated rings. The van der Waals surface area contributed by atoms with Crippen molar-refractivity contribution in [3.05, 3.63) is 0 Å². The van der Waals surface area contributed by atoms with Crippen molar-refractivity contribution in [1.29, 1.82) is 0 Å². The Morgan fingerprint density at radius 1 is 1.17 bits per heavy atom. The van der Waals surface area contributed by atoms with Gasteiger partial charge in [-0.3, -0.25) is 0 Å². The summed E-state index contributed by atoms with van der Waals surface area (Å²) in [4.78, 5) is 0. The fourth-order valence-electron chi connectivity index (χ4n) is 2.85. The van der Waals surface area contributed by atoms with Crippen LogP contribution in [0.15, 0.2) is 0 Å². The maximum Gasteiger partial charge on any atom is 0.0772 e. The summed E-state index contributed by atoms with van der Waals surface area (Å²) < 4.78 is 5.76. The normalized spacial score (nSPS) is 17.5. The molecule has 0 aliphatic heterocycles. The van der Waals surface area contributed by atoms with Crippen molar-refractivity contribution in [2.45, 2.75) is 78.9 Å². The number of hydrogen-bond acceptors (Lipinski definition) is 2. The van der Waals surface area contributed by atoms with Gasteiger partial charge in [0.05, 0.1) is 6.10 Å². The molecule has 0 aliphatic rings. The molecule has 0 saturated carbocycles. The van der Waals surface area contributed by atoms with Gasteiger partial charge in [0.25, 0.3) is 0 Å². The van der Waals surface area contributed by atoms with Crippen LogP contribution < -0.4 is 5.32 Å². The van der Waals surface area contributed by atoms with E-state index in [9.17, 15) is 0 Å². The average Bonchev–Trinajstić information content (AvgIpc) is 2.31. The van der Waals surface area contributed by atoms with Crippen LogP contribution in [0.4, 0.5) is 0 Å². The van der Waals surface area contributed by atoms with Gasteiger partial charge in [0.15, 0.2) is 0 Å². The number of unbranched alkanes of at least 4 members (excludes halogenated alkanes) is 1. The Balaban J connectivity index is 4.54. The average molecular weight is 257 g/mol. The molecule has 0 bridgehead atoms. The van der Waals surface area contributed by atoms with E-state index in [0.29, 0.717) is 6.04 Å². The van der Waals surface area contributed by atoms with Crippen LogP contribution >= 0.6 is 0 Å². The zero-order valence-electron chi connectivity index (χ0n) is 13.7. The van der Waals surface area contributed by atoms with Gasteiger partial charge in [-0.15, -0.1) is 0 Å². The Morgan fingerprint density at radius 3 is 2.11 bits per heavy atom. The summed E-state index contributed by atoms with van der Waals surface area (Å²) in [6.07, 6.45) is 6.78. The summed E-state index contributed by atoms with van der Waals surface area (Å²) >= 11 is 0. The lowest BCUT2D eigenvalue weighted by Gasteiger charge is -2.37. The van der Waals surface area contributed by atoms with E-state index in [4.69, 9.17) is 4.74 Å². The van der Waals surface area contributed by atoms with Crippen molar-refractivity contribution in [2.24, 2.45) is 11.3 Å². The molecule has 0 heterocycles. The zero-order chi connectivity index (χ0) is 14.2. The van der Waals surface area contributed by atoms with Crippen LogP contribution in [0.2, 0.25) is 0 Å². The van der Waals surface area contributed by atoms with Gasteiger partial charge in [0.1, 0.15) is 0 Å². The van der Waals surface area contributed by atoms with Gasteiger partial charge in [0.2, 0.25) is 0 Å². The minimum atomic E-state index is 0.186. The Kier molecular flexibility index (Phi) is 8.89. The first kappa shape index (κ1) is 17.9. The Morgan fingerprint density at radius 2 is 1.78 bits per heavy atom. The number of hydrogen-bond donors (Lipinski definition) is 1. The van der Waals surface area contributed by atoms with Crippen LogP contribution in [0.5, 0.6) is 0 Å². The molecule has 2 heteroatoms. The Hall–Kier alpha value is -0.0800. The molecule has 18 heavy (non-hydrogen) atoms. The second-order valence-corrected chi connectivity index (χ2v) is 6.57. The topological polar surface area (TPSA) is 21.3 Å². The van der Waals surface area contributed by atoms with E-state index in [0.717, 1.165) is 5.92 Å². The SMILES string of the molecule is CCCCC(CC)CC(NC)C(OC)C(C)(C)C. The van der Waals surface area contributed by atoms with E-state index in [1.807, 2.05) is 7.11 Å². The van der Waals surface area contributed by atoms with Gasteiger partial charge in [0, 0.05) is 13.2 Å². The molecule has 0 aliphatic carbocycles. The van der Waals surface area contributed by atoms with Gasteiger partial charge in [-0.1, -0.05) is 60.3 Å². The lowest BCUT2D eigenvalue weighted by Crippen LogP contribution is -2.47. The first-order valence-electron chi connectivity index (χ1n) is 7.60. The van der Waals surface area contributed by atoms with Gasteiger partial charge < -0.3 is 10.1 Å². The summed E-state index contributed by atoms with van der Waals surface area (Å²) in [6.45, 7) is 11.4. The van der Waals surface area contributed by atoms with Crippen molar-refractivity contribution in [3.8, 4) is 0 Å². The predicted octanol–water partition coefficient (Wildman–Crippen LogP) is 4.24. The second-order valence-electron chi connectivity index (χ2n) is 6.57. The molecule has 2 nitrogen and oxygen atoms in total. The first-order chi connectivity index (χ1) is 8.40. The predicted molar refractivity (Wildman–Crippen MR) is 81.0 cm³/mol. The van der Waals surface area contributed by atoms with E-state index in [1.54, 1.807) is 0 Å². The smallest absolute Gasteiger partial charge is 0.0772 e. The number of ether oxygens (including phenoxy) is 1. The summed E-state index contributed by atoms with van der Waals surface area (Å²) in [5.41, 5.74) is 0.186. The molecule has 0 aromatic rings. The first-order valence-corrected chi connectivity index (χ1v) is 7.60. The summed E-state index contributed by atoms with van der Waals surface area (Å²) in [5, 5.41) is 3.48. The lowest BCUT2D eigenvalue weighted by molar-refractivity contribution is -0.0155. The van der Waals surface area contributed by atoms with Crippen LogP contribution in [0.3, 0.4) is 0 Å².